The quantitative estimate of drug-likeness (QED) is 0.836. The highest BCUT2D eigenvalue weighted by molar-refractivity contribution is 5.82. The van der Waals surface area contributed by atoms with Crippen molar-refractivity contribution in [1.29, 1.82) is 0 Å². The van der Waals surface area contributed by atoms with E-state index in [2.05, 4.69) is 49.2 Å². The second kappa shape index (κ2) is 6.20. The highest BCUT2D eigenvalue weighted by Gasteiger charge is 2.29. The summed E-state index contributed by atoms with van der Waals surface area (Å²) < 4.78 is 6.16. The van der Waals surface area contributed by atoms with Gasteiger partial charge in [0.2, 0.25) is 0 Å². The Morgan fingerprint density at radius 1 is 1.29 bits per heavy atom. The van der Waals surface area contributed by atoms with Crippen molar-refractivity contribution in [3.63, 3.8) is 0 Å². The van der Waals surface area contributed by atoms with E-state index >= 15 is 0 Å². The zero-order valence-electron chi connectivity index (χ0n) is 13.4. The van der Waals surface area contributed by atoms with Crippen LogP contribution in [0.5, 0.6) is 0 Å². The van der Waals surface area contributed by atoms with Gasteiger partial charge in [0.1, 0.15) is 11.3 Å². The second-order valence-corrected chi connectivity index (χ2v) is 6.33. The topological polar surface area (TPSA) is 28.4 Å². The fourth-order valence-corrected chi connectivity index (χ4v) is 2.90. The first-order valence-electron chi connectivity index (χ1n) is 8.15. The Morgan fingerprint density at radius 2 is 2.05 bits per heavy atom. The minimum Gasteiger partial charge on any atom is -0.459 e. The van der Waals surface area contributed by atoms with E-state index in [1.807, 2.05) is 6.07 Å². The average molecular weight is 286 g/mol. The number of nitrogens with zero attached hydrogens (tertiary/aromatic N) is 1. The zero-order valence-corrected chi connectivity index (χ0v) is 13.4. The maximum absolute atomic E-state index is 6.16. The van der Waals surface area contributed by atoms with Crippen LogP contribution in [0.15, 0.2) is 28.7 Å². The lowest BCUT2D eigenvalue weighted by molar-refractivity contribution is 0.247. The molecule has 0 unspecified atom stereocenters. The lowest BCUT2D eigenvalue weighted by Crippen LogP contribution is -2.26. The van der Waals surface area contributed by atoms with Crippen molar-refractivity contribution in [2.24, 2.45) is 0 Å². The van der Waals surface area contributed by atoms with Crippen LogP contribution in [0.4, 0.5) is 0 Å². The van der Waals surface area contributed by atoms with Gasteiger partial charge >= 0.3 is 0 Å². The van der Waals surface area contributed by atoms with Crippen LogP contribution in [0.3, 0.4) is 0 Å². The average Bonchev–Trinajstić information content (AvgIpc) is 3.25. The predicted octanol–water partition coefficient (Wildman–Crippen LogP) is 3.92. The molecule has 1 aliphatic rings. The molecule has 0 radical (unpaired) electrons. The molecule has 1 aliphatic carbocycles. The van der Waals surface area contributed by atoms with Gasteiger partial charge in [-0.2, -0.15) is 0 Å². The van der Waals surface area contributed by atoms with Gasteiger partial charge < -0.3 is 9.73 Å². The number of fused-ring (bicyclic) bond motifs is 1. The molecular weight excluding hydrogens is 260 g/mol. The number of rotatable bonds is 7. The monoisotopic (exact) mass is 286 g/mol. The maximum Gasteiger partial charge on any atom is 0.134 e. The molecule has 1 fully saturated rings. The standard InChI is InChI=1S/C18H26N2O/c1-4-20(14-9-10-14)12-18-16(11-19-13(2)3)15-7-5-6-8-17(15)21-18/h5-8,13-14,19H,4,9-12H2,1-3H3. The third-order valence-electron chi connectivity index (χ3n) is 4.29. The van der Waals surface area contributed by atoms with Crippen molar-refractivity contribution in [1.82, 2.24) is 10.2 Å². The Labute approximate surface area is 127 Å². The molecule has 1 aromatic carbocycles. The van der Waals surface area contributed by atoms with Crippen LogP contribution in [0.1, 0.15) is 44.9 Å². The summed E-state index contributed by atoms with van der Waals surface area (Å²) in [6.07, 6.45) is 2.68. The summed E-state index contributed by atoms with van der Waals surface area (Å²) in [5.41, 5.74) is 2.35. The molecule has 1 heterocycles. The van der Waals surface area contributed by atoms with E-state index in [0.717, 1.165) is 37.0 Å². The van der Waals surface area contributed by atoms with E-state index in [1.165, 1.54) is 23.8 Å². The normalized spacial score (nSPS) is 15.5. The van der Waals surface area contributed by atoms with Crippen molar-refractivity contribution in [2.75, 3.05) is 6.54 Å². The van der Waals surface area contributed by atoms with Gasteiger partial charge in [-0.05, 0) is 25.5 Å². The number of nitrogens with one attached hydrogen (secondary N) is 1. The van der Waals surface area contributed by atoms with Crippen LogP contribution in [0.25, 0.3) is 11.0 Å². The van der Waals surface area contributed by atoms with Crippen molar-refractivity contribution in [3.8, 4) is 0 Å². The van der Waals surface area contributed by atoms with Gasteiger partial charge in [-0.3, -0.25) is 4.90 Å². The van der Waals surface area contributed by atoms with Crippen molar-refractivity contribution < 1.29 is 4.42 Å². The smallest absolute Gasteiger partial charge is 0.134 e. The Kier molecular flexibility index (Phi) is 4.32. The van der Waals surface area contributed by atoms with Crippen molar-refractivity contribution in [3.05, 3.63) is 35.6 Å². The third kappa shape index (κ3) is 3.30. The molecule has 3 nitrogen and oxygen atoms in total. The van der Waals surface area contributed by atoms with E-state index < -0.39 is 0 Å². The number of furan rings is 1. The van der Waals surface area contributed by atoms with E-state index in [0.29, 0.717) is 6.04 Å². The molecule has 114 valence electrons. The largest absolute Gasteiger partial charge is 0.459 e. The van der Waals surface area contributed by atoms with Gasteiger partial charge in [-0.15, -0.1) is 0 Å². The minimum absolute atomic E-state index is 0.484. The first kappa shape index (κ1) is 14.6. The molecule has 0 bridgehead atoms. The molecule has 0 atom stereocenters. The molecule has 0 amide bonds. The lowest BCUT2D eigenvalue weighted by atomic mass is 10.1. The van der Waals surface area contributed by atoms with Crippen LogP contribution in [-0.4, -0.2) is 23.5 Å². The third-order valence-corrected chi connectivity index (χ3v) is 4.29. The summed E-state index contributed by atoms with van der Waals surface area (Å²) >= 11 is 0. The van der Waals surface area contributed by atoms with Gasteiger partial charge in [-0.25, -0.2) is 0 Å². The molecule has 0 saturated heterocycles. The van der Waals surface area contributed by atoms with E-state index in [-0.39, 0.29) is 0 Å². The van der Waals surface area contributed by atoms with E-state index in [1.54, 1.807) is 0 Å². The Morgan fingerprint density at radius 3 is 2.71 bits per heavy atom. The molecule has 1 aromatic heterocycles. The van der Waals surface area contributed by atoms with Gasteiger partial charge in [0.25, 0.3) is 0 Å². The summed E-state index contributed by atoms with van der Waals surface area (Å²) in [5.74, 6) is 1.14. The number of hydrogen-bond donors (Lipinski definition) is 1. The summed E-state index contributed by atoms with van der Waals surface area (Å²) in [4.78, 5) is 2.54. The summed E-state index contributed by atoms with van der Waals surface area (Å²) in [7, 11) is 0. The first-order valence-corrected chi connectivity index (χ1v) is 8.15. The molecule has 0 aliphatic heterocycles. The molecule has 0 spiro atoms. The Bertz CT molecular complexity index is 598. The summed E-state index contributed by atoms with van der Waals surface area (Å²) in [5, 5.41) is 4.79. The summed E-state index contributed by atoms with van der Waals surface area (Å²) in [6, 6.07) is 9.65. The summed E-state index contributed by atoms with van der Waals surface area (Å²) in [6.45, 7) is 9.53. The molecule has 1 N–H and O–H groups in total. The predicted molar refractivity (Wildman–Crippen MR) is 87.3 cm³/mol. The van der Waals surface area contributed by atoms with E-state index in [4.69, 9.17) is 4.42 Å². The van der Waals surface area contributed by atoms with Crippen molar-refractivity contribution in [2.45, 2.75) is 58.8 Å². The maximum atomic E-state index is 6.16. The van der Waals surface area contributed by atoms with Crippen LogP contribution >= 0.6 is 0 Å². The number of para-hydroxylation sites is 1. The Hall–Kier alpha value is -1.32. The van der Waals surface area contributed by atoms with E-state index in [9.17, 15) is 0 Å². The van der Waals surface area contributed by atoms with Gasteiger partial charge in [0, 0.05) is 29.6 Å². The SMILES string of the molecule is CCN(Cc1oc2ccccc2c1CNC(C)C)C1CC1. The number of benzene rings is 1. The number of hydrogen-bond acceptors (Lipinski definition) is 3. The molecular formula is C18H26N2O. The minimum atomic E-state index is 0.484. The van der Waals surface area contributed by atoms with Crippen LogP contribution in [0.2, 0.25) is 0 Å². The van der Waals surface area contributed by atoms with Crippen LogP contribution in [-0.2, 0) is 13.1 Å². The van der Waals surface area contributed by atoms with Gasteiger partial charge in [0.15, 0.2) is 0 Å². The first-order chi connectivity index (χ1) is 10.2. The van der Waals surface area contributed by atoms with Gasteiger partial charge in [0.05, 0.1) is 6.54 Å². The van der Waals surface area contributed by atoms with Crippen LogP contribution < -0.4 is 5.32 Å². The lowest BCUT2D eigenvalue weighted by Gasteiger charge is -2.19. The molecule has 3 heteroatoms. The highest BCUT2D eigenvalue weighted by atomic mass is 16.3. The fraction of sp³-hybridized carbons (Fsp3) is 0.556. The highest BCUT2D eigenvalue weighted by Crippen LogP contribution is 2.31. The second-order valence-electron chi connectivity index (χ2n) is 6.33. The van der Waals surface area contributed by atoms with Crippen molar-refractivity contribution >= 4 is 11.0 Å². The molecule has 3 rings (SSSR count). The molecule has 2 aromatic rings. The fourth-order valence-electron chi connectivity index (χ4n) is 2.90. The zero-order chi connectivity index (χ0) is 14.8. The molecule has 21 heavy (non-hydrogen) atoms. The van der Waals surface area contributed by atoms with Crippen LogP contribution in [0, 0.1) is 0 Å². The Balaban J connectivity index is 1.89. The molecule has 1 saturated carbocycles. The van der Waals surface area contributed by atoms with Gasteiger partial charge in [-0.1, -0.05) is 39.0 Å².